The zero-order valence-electron chi connectivity index (χ0n) is 12.4. The summed E-state index contributed by atoms with van der Waals surface area (Å²) in [5, 5.41) is 4.52. The third-order valence-corrected chi connectivity index (χ3v) is 5.75. The molecule has 1 heterocycles. The lowest BCUT2D eigenvalue weighted by Gasteiger charge is -2.38. The second kappa shape index (κ2) is 6.03. The van der Waals surface area contributed by atoms with E-state index in [0.29, 0.717) is 5.41 Å². The molecule has 0 aromatic carbocycles. The second-order valence-electron chi connectivity index (χ2n) is 6.76. The van der Waals surface area contributed by atoms with Crippen molar-refractivity contribution >= 4 is 11.6 Å². The molecule has 2 bridgehead atoms. The van der Waals surface area contributed by atoms with Gasteiger partial charge in [-0.1, -0.05) is 24.9 Å². The zero-order valence-corrected chi connectivity index (χ0v) is 13.1. The average Bonchev–Trinajstić information content (AvgIpc) is 3.03. The molecular formula is C17H25ClN2. The van der Waals surface area contributed by atoms with Crippen LogP contribution in [0.4, 0.5) is 0 Å². The summed E-state index contributed by atoms with van der Waals surface area (Å²) in [6.45, 7) is 4.52. The van der Waals surface area contributed by atoms with Crippen molar-refractivity contribution in [2.45, 2.75) is 45.4 Å². The summed E-state index contributed by atoms with van der Waals surface area (Å²) in [6.07, 6.45) is 11.7. The smallest absolute Gasteiger partial charge is 0.0621 e. The summed E-state index contributed by atoms with van der Waals surface area (Å²) in [7, 11) is 0. The molecule has 0 spiro atoms. The molecule has 2 aliphatic rings. The lowest BCUT2D eigenvalue weighted by molar-refractivity contribution is 0.156. The molecule has 3 heteroatoms. The number of nitrogens with zero attached hydrogens (tertiary/aromatic N) is 1. The standard InChI is InChI=1S/C17H25ClN2/c1-2-6-20-12-17(9-13-3-4-15(17)8-13)10-14-5-7-19-11-16(14)18/h5,7,11,13,15,20H,2-4,6,8-10,12H2,1H3. The minimum absolute atomic E-state index is 0.434. The number of hydrogen-bond donors (Lipinski definition) is 1. The number of aromatic nitrogens is 1. The van der Waals surface area contributed by atoms with Crippen molar-refractivity contribution in [1.82, 2.24) is 10.3 Å². The first-order chi connectivity index (χ1) is 9.73. The fourth-order valence-corrected chi connectivity index (χ4v) is 4.68. The van der Waals surface area contributed by atoms with Gasteiger partial charge in [-0.05, 0) is 67.5 Å². The van der Waals surface area contributed by atoms with Crippen LogP contribution in [0.25, 0.3) is 0 Å². The monoisotopic (exact) mass is 292 g/mol. The number of fused-ring (bicyclic) bond motifs is 2. The minimum atomic E-state index is 0.434. The van der Waals surface area contributed by atoms with Gasteiger partial charge in [0.05, 0.1) is 5.02 Å². The quantitative estimate of drug-likeness (QED) is 0.799. The maximum atomic E-state index is 6.35. The topological polar surface area (TPSA) is 24.9 Å². The van der Waals surface area contributed by atoms with Crippen molar-refractivity contribution in [3.8, 4) is 0 Å². The van der Waals surface area contributed by atoms with Crippen LogP contribution < -0.4 is 5.32 Å². The van der Waals surface area contributed by atoms with Gasteiger partial charge in [0.15, 0.2) is 0 Å². The third kappa shape index (κ3) is 2.73. The van der Waals surface area contributed by atoms with Gasteiger partial charge in [-0.3, -0.25) is 4.98 Å². The molecular weight excluding hydrogens is 268 g/mol. The molecule has 2 saturated carbocycles. The first kappa shape index (κ1) is 14.3. The molecule has 1 aromatic rings. The molecule has 3 unspecified atom stereocenters. The largest absolute Gasteiger partial charge is 0.316 e. The van der Waals surface area contributed by atoms with Crippen molar-refractivity contribution in [3.05, 3.63) is 29.0 Å². The normalized spacial score (nSPS) is 31.9. The Morgan fingerprint density at radius 1 is 1.45 bits per heavy atom. The molecule has 2 nitrogen and oxygen atoms in total. The van der Waals surface area contributed by atoms with E-state index in [1.807, 2.05) is 6.20 Å². The molecule has 2 fully saturated rings. The molecule has 3 atom stereocenters. The Labute approximate surface area is 127 Å². The van der Waals surface area contributed by atoms with Crippen LogP contribution in [0.15, 0.2) is 18.5 Å². The van der Waals surface area contributed by atoms with Crippen LogP contribution >= 0.6 is 11.6 Å². The Morgan fingerprint density at radius 2 is 2.35 bits per heavy atom. The molecule has 110 valence electrons. The summed E-state index contributed by atoms with van der Waals surface area (Å²) >= 11 is 6.35. The highest BCUT2D eigenvalue weighted by atomic mass is 35.5. The van der Waals surface area contributed by atoms with Crippen LogP contribution in [-0.4, -0.2) is 18.1 Å². The average molecular weight is 293 g/mol. The van der Waals surface area contributed by atoms with E-state index in [9.17, 15) is 0 Å². The van der Waals surface area contributed by atoms with Crippen molar-refractivity contribution in [1.29, 1.82) is 0 Å². The molecule has 0 amide bonds. The predicted molar refractivity (Wildman–Crippen MR) is 84.0 cm³/mol. The summed E-state index contributed by atoms with van der Waals surface area (Å²) < 4.78 is 0. The van der Waals surface area contributed by atoms with E-state index in [0.717, 1.165) is 36.4 Å². The second-order valence-corrected chi connectivity index (χ2v) is 7.17. The third-order valence-electron chi connectivity index (χ3n) is 5.41. The van der Waals surface area contributed by atoms with Gasteiger partial charge in [0, 0.05) is 18.9 Å². The molecule has 1 aromatic heterocycles. The Bertz CT molecular complexity index is 462. The highest BCUT2D eigenvalue weighted by Gasteiger charge is 2.50. The lowest BCUT2D eigenvalue weighted by atomic mass is 9.69. The molecule has 3 rings (SSSR count). The summed E-state index contributed by atoms with van der Waals surface area (Å²) in [5.74, 6) is 1.85. The Hall–Kier alpha value is -0.600. The predicted octanol–water partition coefficient (Wildman–Crippen LogP) is 4.08. The van der Waals surface area contributed by atoms with Gasteiger partial charge in [0.2, 0.25) is 0 Å². The van der Waals surface area contributed by atoms with E-state index in [1.165, 1.54) is 37.7 Å². The molecule has 0 aliphatic heterocycles. The molecule has 20 heavy (non-hydrogen) atoms. The fourth-order valence-electron chi connectivity index (χ4n) is 4.49. The number of halogens is 1. The Morgan fingerprint density at radius 3 is 3.00 bits per heavy atom. The van der Waals surface area contributed by atoms with Gasteiger partial charge < -0.3 is 5.32 Å². The molecule has 2 aliphatic carbocycles. The number of hydrogen-bond acceptors (Lipinski definition) is 2. The van der Waals surface area contributed by atoms with Gasteiger partial charge in [-0.2, -0.15) is 0 Å². The summed E-state index contributed by atoms with van der Waals surface area (Å²) in [5.41, 5.74) is 1.72. The number of pyridine rings is 1. The first-order valence-corrected chi connectivity index (χ1v) is 8.40. The number of rotatable bonds is 6. The van der Waals surface area contributed by atoms with E-state index in [4.69, 9.17) is 11.6 Å². The SMILES string of the molecule is CCCNCC1(Cc2ccncc2Cl)CC2CCC1C2. The molecule has 0 saturated heterocycles. The van der Waals surface area contributed by atoms with Crippen molar-refractivity contribution in [2.24, 2.45) is 17.3 Å². The van der Waals surface area contributed by atoms with Crippen molar-refractivity contribution in [3.63, 3.8) is 0 Å². The maximum absolute atomic E-state index is 6.35. The van der Waals surface area contributed by atoms with E-state index in [2.05, 4.69) is 23.3 Å². The summed E-state index contributed by atoms with van der Waals surface area (Å²) in [6, 6.07) is 2.11. The van der Waals surface area contributed by atoms with E-state index < -0.39 is 0 Å². The Balaban J connectivity index is 1.78. The Kier molecular flexibility index (Phi) is 4.32. The van der Waals surface area contributed by atoms with Crippen LogP contribution in [0.5, 0.6) is 0 Å². The van der Waals surface area contributed by atoms with Crippen LogP contribution in [0, 0.1) is 17.3 Å². The summed E-state index contributed by atoms with van der Waals surface area (Å²) in [4.78, 5) is 4.12. The van der Waals surface area contributed by atoms with E-state index in [-0.39, 0.29) is 0 Å². The van der Waals surface area contributed by atoms with Gasteiger partial charge in [0.25, 0.3) is 0 Å². The fraction of sp³-hybridized carbons (Fsp3) is 0.706. The highest BCUT2D eigenvalue weighted by molar-refractivity contribution is 6.31. The van der Waals surface area contributed by atoms with Crippen LogP contribution in [0.2, 0.25) is 5.02 Å². The van der Waals surface area contributed by atoms with Crippen molar-refractivity contribution in [2.75, 3.05) is 13.1 Å². The van der Waals surface area contributed by atoms with E-state index in [1.54, 1.807) is 6.20 Å². The van der Waals surface area contributed by atoms with Gasteiger partial charge in [0.1, 0.15) is 0 Å². The van der Waals surface area contributed by atoms with Crippen molar-refractivity contribution < 1.29 is 0 Å². The van der Waals surface area contributed by atoms with Gasteiger partial charge in [-0.15, -0.1) is 0 Å². The lowest BCUT2D eigenvalue weighted by Crippen LogP contribution is -2.40. The van der Waals surface area contributed by atoms with Gasteiger partial charge in [-0.25, -0.2) is 0 Å². The van der Waals surface area contributed by atoms with Crippen LogP contribution in [0.1, 0.15) is 44.6 Å². The van der Waals surface area contributed by atoms with Crippen LogP contribution in [0.3, 0.4) is 0 Å². The minimum Gasteiger partial charge on any atom is -0.316 e. The van der Waals surface area contributed by atoms with Crippen LogP contribution in [-0.2, 0) is 6.42 Å². The van der Waals surface area contributed by atoms with E-state index >= 15 is 0 Å². The van der Waals surface area contributed by atoms with Gasteiger partial charge >= 0.3 is 0 Å². The molecule has 1 N–H and O–H groups in total. The zero-order chi connectivity index (χ0) is 14.0. The molecule has 0 radical (unpaired) electrons. The first-order valence-electron chi connectivity index (χ1n) is 8.02. The maximum Gasteiger partial charge on any atom is 0.0621 e. The highest BCUT2D eigenvalue weighted by Crippen LogP contribution is 2.57. The number of nitrogens with one attached hydrogen (secondary N) is 1.